The van der Waals surface area contributed by atoms with Gasteiger partial charge in [-0.1, -0.05) is 13.8 Å². The van der Waals surface area contributed by atoms with Gasteiger partial charge in [-0.15, -0.1) is 0 Å². The summed E-state index contributed by atoms with van der Waals surface area (Å²) in [6.45, 7) is 5.76. The number of aliphatic hydroxyl groups is 1. The van der Waals surface area contributed by atoms with Gasteiger partial charge >= 0.3 is 5.97 Å². The summed E-state index contributed by atoms with van der Waals surface area (Å²) in [6.07, 6.45) is 1.54. The lowest BCUT2D eigenvalue weighted by molar-refractivity contribution is -0.160. The van der Waals surface area contributed by atoms with E-state index in [1.54, 1.807) is 0 Å². The fourth-order valence-electron chi connectivity index (χ4n) is 1.16. The van der Waals surface area contributed by atoms with Crippen molar-refractivity contribution in [3.05, 3.63) is 11.8 Å². The van der Waals surface area contributed by atoms with Gasteiger partial charge in [-0.25, -0.2) is 4.79 Å². The highest BCUT2D eigenvalue weighted by Gasteiger charge is 2.36. The normalized spacial score (nSPS) is 30.0. The van der Waals surface area contributed by atoms with Gasteiger partial charge in [-0.05, 0) is 12.8 Å². The van der Waals surface area contributed by atoms with Crippen LogP contribution in [0.25, 0.3) is 0 Å². The molecule has 0 saturated heterocycles. The molecular formula is C9H14O3. The molecule has 0 spiro atoms. The molecule has 1 atom stereocenters. The van der Waals surface area contributed by atoms with E-state index < -0.39 is 11.6 Å². The summed E-state index contributed by atoms with van der Waals surface area (Å²) in [4.78, 5) is 10.9. The Kier molecular flexibility index (Phi) is 2.13. The predicted molar refractivity (Wildman–Crippen MR) is 44.7 cm³/mol. The maximum atomic E-state index is 10.9. The van der Waals surface area contributed by atoms with Crippen LogP contribution in [0.15, 0.2) is 11.8 Å². The zero-order valence-corrected chi connectivity index (χ0v) is 7.63. The van der Waals surface area contributed by atoms with E-state index in [4.69, 9.17) is 4.74 Å². The molecule has 1 aliphatic heterocycles. The molecule has 0 aromatic carbocycles. The average Bonchev–Trinajstić information content (AvgIpc) is 1.82. The number of cyclic esters (lactones) is 1. The average molecular weight is 170 g/mol. The van der Waals surface area contributed by atoms with Gasteiger partial charge in [0, 0.05) is 6.42 Å². The first-order valence-electron chi connectivity index (χ1n) is 4.06. The van der Waals surface area contributed by atoms with Crippen molar-refractivity contribution < 1.29 is 14.6 Å². The van der Waals surface area contributed by atoms with Crippen molar-refractivity contribution in [2.24, 2.45) is 5.92 Å². The molecule has 0 aromatic heterocycles. The molecule has 1 aliphatic rings. The maximum Gasteiger partial charge on any atom is 0.334 e. The molecule has 3 heteroatoms. The predicted octanol–water partition coefficient (Wildman–Crippen LogP) is 1.79. The smallest absolute Gasteiger partial charge is 0.334 e. The highest BCUT2D eigenvalue weighted by atomic mass is 16.6. The third-order valence-electron chi connectivity index (χ3n) is 2.37. The second kappa shape index (κ2) is 2.81. The molecule has 1 N–H and O–H groups in total. The van der Waals surface area contributed by atoms with Crippen LogP contribution in [0.4, 0.5) is 0 Å². The summed E-state index contributed by atoms with van der Waals surface area (Å²) >= 11 is 0. The first-order chi connectivity index (χ1) is 5.44. The van der Waals surface area contributed by atoms with E-state index in [0.29, 0.717) is 6.42 Å². The minimum atomic E-state index is -0.546. The lowest BCUT2D eigenvalue weighted by atomic mass is 9.87. The summed E-state index contributed by atoms with van der Waals surface area (Å²) in [5, 5.41) is 9.22. The fraction of sp³-hybridized carbons (Fsp3) is 0.667. The van der Waals surface area contributed by atoms with Crippen LogP contribution < -0.4 is 0 Å². The molecule has 0 radical (unpaired) electrons. The van der Waals surface area contributed by atoms with Gasteiger partial charge in [0.1, 0.15) is 11.4 Å². The Morgan fingerprint density at radius 2 is 2.25 bits per heavy atom. The van der Waals surface area contributed by atoms with Crippen LogP contribution in [0, 0.1) is 5.92 Å². The number of esters is 1. The Hall–Kier alpha value is -0.990. The van der Waals surface area contributed by atoms with Gasteiger partial charge < -0.3 is 9.84 Å². The Labute approximate surface area is 72.0 Å². The molecule has 0 bridgehead atoms. The van der Waals surface area contributed by atoms with Crippen LogP contribution in [0.2, 0.25) is 0 Å². The highest BCUT2D eigenvalue weighted by molar-refractivity contribution is 5.83. The minimum absolute atomic E-state index is 0.113. The minimum Gasteiger partial charge on any atom is -0.512 e. The monoisotopic (exact) mass is 170 g/mol. The topological polar surface area (TPSA) is 46.5 Å². The van der Waals surface area contributed by atoms with Crippen molar-refractivity contribution in [1.29, 1.82) is 0 Å². The number of carbonyl (C=O) groups excluding carboxylic acids is 1. The Morgan fingerprint density at radius 3 is 2.67 bits per heavy atom. The Bertz CT molecular complexity index is 230. The van der Waals surface area contributed by atoms with Crippen molar-refractivity contribution in [3.63, 3.8) is 0 Å². The number of hydrogen-bond acceptors (Lipinski definition) is 3. The third-order valence-corrected chi connectivity index (χ3v) is 2.37. The summed E-state index contributed by atoms with van der Waals surface area (Å²) in [5.41, 5.74) is -0.546. The number of aliphatic hydroxyl groups excluding tert-OH is 1. The number of carbonyl (C=O) groups is 1. The molecule has 1 rings (SSSR count). The van der Waals surface area contributed by atoms with Gasteiger partial charge in [0.25, 0.3) is 0 Å². The van der Waals surface area contributed by atoms with Crippen LogP contribution in [0.3, 0.4) is 0 Å². The molecule has 0 aliphatic carbocycles. The lowest BCUT2D eigenvalue weighted by Crippen LogP contribution is -2.39. The third kappa shape index (κ3) is 1.60. The van der Waals surface area contributed by atoms with E-state index in [0.717, 1.165) is 6.08 Å². The molecule has 0 fully saturated rings. The molecule has 0 saturated carbocycles. The molecule has 3 nitrogen and oxygen atoms in total. The van der Waals surface area contributed by atoms with Crippen molar-refractivity contribution in [2.45, 2.75) is 32.8 Å². The zero-order chi connectivity index (χ0) is 9.35. The summed E-state index contributed by atoms with van der Waals surface area (Å²) in [7, 11) is 0. The van der Waals surface area contributed by atoms with Crippen LogP contribution >= 0.6 is 0 Å². The second-order valence-corrected chi connectivity index (χ2v) is 3.70. The summed E-state index contributed by atoms with van der Waals surface area (Å²) < 4.78 is 5.13. The van der Waals surface area contributed by atoms with Crippen LogP contribution in [-0.4, -0.2) is 16.7 Å². The van der Waals surface area contributed by atoms with Gasteiger partial charge in [0.05, 0.1) is 6.08 Å². The Balaban J connectivity index is 2.85. The summed E-state index contributed by atoms with van der Waals surface area (Å²) in [6, 6.07) is 0. The highest BCUT2D eigenvalue weighted by Crippen LogP contribution is 2.31. The van der Waals surface area contributed by atoms with E-state index in [1.807, 2.05) is 20.8 Å². The van der Waals surface area contributed by atoms with Gasteiger partial charge in [-0.2, -0.15) is 0 Å². The first-order valence-corrected chi connectivity index (χ1v) is 4.06. The molecule has 1 heterocycles. The van der Waals surface area contributed by atoms with E-state index in [9.17, 15) is 9.90 Å². The van der Waals surface area contributed by atoms with Gasteiger partial charge in [0.2, 0.25) is 0 Å². The number of rotatable bonds is 1. The fourth-order valence-corrected chi connectivity index (χ4v) is 1.16. The van der Waals surface area contributed by atoms with Crippen molar-refractivity contribution in [1.82, 2.24) is 0 Å². The molecule has 0 amide bonds. The molecule has 12 heavy (non-hydrogen) atoms. The van der Waals surface area contributed by atoms with Crippen LogP contribution in [0.1, 0.15) is 27.2 Å². The van der Waals surface area contributed by atoms with Crippen LogP contribution in [0.5, 0.6) is 0 Å². The van der Waals surface area contributed by atoms with Crippen molar-refractivity contribution in [2.75, 3.05) is 0 Å². The van der Waals surface area contributed by atoms with Crippen molar-refractivity contribution in [3.8, 4) is 0 Å². The quantitative estimate of drug-likeness (QED) is 0.610. The maximum absolute atomic E-state index is 10.9. The molecule has 68 valence electrons. The number of ether oxygens (including phenoxy) is 1. The molecule has 1 unspecified atom stereocenters. The Morgan fingerprint density at radius 1 is 1.67 bits per heavy atom. The van der Waals surface area contributed by atoms with Crippen LogP contribution in [-0.2, 0) is 9.53 Å². The van der Waals surface area contributed by atoms with E-state index >= 15 is 0 Å². The molecule has 0 aromatic rings. The number of hydrogen-bond donors (Lipinski definition) is 1. The standard InChI is InChI=1S/C9H14O3/c1-6(2)9(3)5-7(10)4-8(11)12-9/h4,6,10H,5H2,1-3H3. The lowest BCUT2D eigenvalue weighted by Gasteiger charge is -2.35. The largest absolute Gasteiger partial charge is 0.512 e. The van der Waals surface area contributed by atoms with E-state index in [2.05, 4.69) is 0 Å². The van der Waals surface area contributed by atoms with Gasteiger partial charge in [-0.3, -0.25) is 0 Å². The van der Waals surface area contributed by atoms with E-state index in [-0.39, 0.29) is 11.7 Å². The molecular weight excluding hydrogens is 156 g/mol. The second-order valence-electron chi connectivity index (χ2n) is 3.70. The van der Waals surface area contributed by atoms with Crippen molar-refractivity contribution >= 4 is 5.97 Å². The van der Waals surface area contributed by atoms with Gasteiger partial charge in [0.15, 0.2) is 0 Å². The van der Waals surface area contributed by atoms with E-state index in [1.165, 1.54) is 0 Å². The zero-order valence-electron chi connectivity index (χ0n) is 7.63. The SMILES string of the molecule is CC(C)C1(C)CC(O)=CC(=O)O1. The summed E-state index contributed by atoms with van der Waals surface area (Å²) in [5.74, 6) is -0.130. The first kappa shape index (κ1) is 9.10.